The molecule has 38 heavy (non-hydrogen) atoms. The predicted octanol–water partition coefficient (Wildman–Crippen LogP) is 5.48. The lowest BCUT2D eigenvalue weighted by atomic mass is 10.0. The molecule has 0 aromatic heterocycles. The normalized spacial score (nSPS) is 10.9. The molecule has 0 bridgehead atoms. The molecule has 0 aliphatic heterocycles. The quantitative estimate of drug-likeness (QED) is 0.229. The van der Waals surface area contributed by atoms with Crippen molar-refractivity contribution in [2.24, 2.45) is 0 Å². The van der Waals surface area contributed by atoms with Crippen LogP contribution >= 0.6 is 0 Å². The van der Waals surface area contributed by atoms with E-state index in [1.165, 1.54) is 26.2 Å². The van der Waals surface area contributed by atoms with Gasteiger partial charge >= 0.3 is 5.97 Å². The highest BCUT2D eigenvalue weighted by atomic mass is 32.2. The molecular formula is C28H23FN2O6S. The summed E-state index contributed by atoms with van der Waals surface area (Å²) in [5.74, 6) is -0.688. The van der Waals surface area contributed by atoms with Gasteiger partial charge in [-0.05, 0) is 77.9 Å². The van der Waals surface area contributed by atoms with Crippen LogP contribution in [-0.4, -0.2) is 27.4 Å². The molecule has 0 spiro atoms. The highest BCUT2D eigenvalue weighted by Crippen LogP contribution is 2.30. The average Bonchev–Trinajstić information content (AvgIpc) is 2.89. The van der Waals surface area contributed by atoms with Crippen molar-refractivity contribution in [3.63, 3.8) is 0 Å². The van der Waals surface area contributed by atoms with Crippen LogP contribution in [0.2, 0.25) is 0 Å². The molecule has 10 heteroatoms. The molecule has 0 heterocycles. The molecule has 0 fully saturated rings. The van der Waals surface area contributed by atoms with Crippen molar-refractivity contribution >= 4 is 33.3 Å². The third-order valence-corrected chi connectivity index (χ3v) is 6.80. The van der Waals surface area contributed by atoms with Crippen LogP contribution in [0.3, 0.4) is 0 Å². The minimum atomic E-state index is -4.03. The standard InChI is InChI=1S/C28H23FN2O6S/c1-18(32)37-24-12-7-20(8-13-24)19-3-5-21(6-4-19)28(33)30-23-11-16-27(36-2)26(17-23)31-38(34,35)25-14-9-22(29)10-15-25/h3-17,31H,1-2H3,(H,30,33). The number of nitrogens with one attached hydrogen (secondary N) is 2. The summed E-state index contributed by atoms with van der Waals surface area (Å²) in [4.78, 5) is 23.8. The van der Waals surface area contributed by atoms with Gasteiger partial charge in [-0.1, -0.05) is 24.3 Å². The summed E-state index contributed by atoms with van der Waals surface area (Å²) in [6.07, 6.45) is 0. The van der Waals surface area contributed by atoms with E-state index in [0.29, 0.717) is 17.0 Å². The minimum Gasteiger partial charge on any atom is -0.495 e. The van der Waals surface area contributed by atoms with Crippen LogP contribution in [0, 0.1) is 5.82 Å². The van der Waals surface area contributed by atoms with E-state index in [0.717, 1.165) is 35.4 Å². The number of amides is 1. The molecule has 1 amide bonds. The molecule has 4 aromatic carbocycles. The van der Waals surface area contributed by atoms with Crippen LogP contribution in [0.5, 0.6) is 11.5 Å². The largest absolute Gasteiger partial charge is 0.495 e. The van der Waals surface area contributed by atoms with E-state index in [1.807, 2.05) is 0 Å². The Morgan fingerprint density at radius 2 is 1.42 bits per heavy atom. The van der Waals surface area contributed by atoms with E-state index in [4.69, 9.17) is 9.47 Å². The number of ether oxygens (including phenoxy) is 2. The van der Waals surface area contributed by atoms with Gasteiger partial charge in [0.15, 0.2) is 0 Å². The van der Waals surface area contributed by atoms with Gasteiger partial charge in [-0.3, -0.25) is 14.3 Å². The van der Waals surface area contributed by atoms with Crippen molar-refractivity contribution in [3.05, 3.63) is 102 Å². The number of carbonyl (C=O) groups is 2. The number of hydrogen-bond acceptors (Lipinski definition) is 6. The average molecular weight is 535 g/mol. The summed E-state index contributed by atoms with van der Waals surface area (Å²) in [7, 11) is -2.65. The molecule has 0 aliphatic rings. The number of anilines is 2. The first-order valence-corrected chi connectivity index (χ1v) is 12.8. The fourth-order valence-corrected chi connectivity index (χ4v) is 4.64. The van der Waals surface area contributed by atoms with E-state index in [-0.39, 0.29) is 16.3 Å². The Morgan fingerprint density at radius 1 is 0.816 bits per heavy atom. The summed E-state index contributed by atoms with van der Waals surface area (Å²) in [5, 5.41) is 2.74. The number of esters is 1. The molecule has 0 saturated heterocycles. The Balaban J connectivity index is 1.49. The highest BCUT2D eigenvalue weighted by molar-refractivity contribution is 7.92. The summed E-state index contributed by atoms with van der Waals surface area (Å²) < 4.78 is 51.4. The predicted molar refractivity (Wildman–Crippen MR) is 141 cm³/mol. The lowest BCUT2D eigenvalue weighted by Gasteiger charge is -2.14. The van der Waals surface area contributed by atoms with Crippen molar-refractivity contribution in [2.75, 3.05) is 17.1 Å². The SMILES string of the molecule is COc1ccc(NC(=O)c2ccc(-c3ccc(OC(C)=O)cc3)cc2)cc1NS(=O)(=O)c1ccc(F)cc1. The number of benzene rings is 4. The number of methoxy groups -OCH3 is 1. The van der Waals surface area contributed by atoms with E-state index in [1.54, 1.807) is 54.6 Å². The van der Waals surface area contributed by atoms with Gasteiger partial charge in [0.25, 0.3) is 15.9 Å². The minimum absolute atomic E-state index is 0.0992. The second-order valence-electron chi connectivity index (χ2n) is 8.12. The molecule has 0 aliphatic carbocycles. The number of carbonyl (C=O) groups excluding carboxylic acids is 2. The van der Waals surface area contributed by atoms with E-state index < -0.39 is 27.7 Å². The maximum Gasteiger partial charge on any atom is 0.308 e. The number of hydrogen-bond donors (Lipinski definition) is 2. The Hall–Kier alpha value is -4.70. The molecule has 0 saturated carbocycles. The van der Waals surface area contributed by atoms with Gasteiger partial charge in [-0.25, -0.2) is 12.8 Å². The van der Waals surface area contributed by atoms with Crippen molar-refractivity contribution < 1.29 is 31.9 Å². The van der Waals surface area contributed by atoms with Crippen molar-refractivity contribution in [3.8, 4) is 22.6 Å². The van der Waals surface area contributed by atoms with Gasteiger partial charge in [-0.2, -0.15) is 0 Å². The molecular weight excluding hydrogens is 511 g/mol. The Morgan fingerprint density at radius 3 is 2.00 bits per heavy atom. The number of rotatable bonds is 8. The molecule has 0 atom stereocenters. The van der Waals surface area contributed by atoms with E-state index >= 15 is 0 Å². The van der Waals surface area contributed by atoms with Crippen LogP contribution in [0.4, 0.5) is 15.8 Å². The molecule has 4 rings (SSSR count). The van der Waals surface area contributed by atoms with Gasteiger partial charge in [0.2, 0.25) is 0 Å². The topological polar surface area (TPSA) is 111 Å². The number of halogens is 1. The molecule has 194 valence electrons. The van der Waals surface area contributed by atoms with E-state index in [9.17, 15) is 22.4 Å². The molecule has 8 nitrogen and oxygen atoms in total. The zero-order valence-electron chi connectivity index (χ0n) is 20.4. The lowest BCUT2D eigenvalue weighted by molar-refractivity contribution is -0.131. The summed E-state index contributed by atoms with van der Waals surface area (Å²) >= 11 is 0. The fourth-order valence-electron chi connectivity index (χ4n) is 3.58. The maximum absolute atomic E-state index is 13.2. The molecule has 0 unspecified atom stereocenters. The first kappa shape index (κ1) is 26.4. The Kier molecular flexibility index (Phi) is 7.73. The Bertz CT molecular complexity index is 1570. The molecule has 0 radical (unpaired) electrons. The third-order valence-electron chi connectivity index (χ3n) is 5.42. The van der Waals surface area contributed by atoms with Gasteiger partial charge in [-0.15, -0.1) is 0 Å². The van der Waals surface area contributed by atoms with Crippen LogP contribution < -0.4 is 19.5 Å². The zero-order valence-corrected chi connectivity index (χ0v) is 21.2. The van der Waals surface area contributed by atoms with Crippen molar-refractivity contribution in [1.29, 1.82) is 0 Å². The van der Waals surface area contributed by atoms with Crippen LogP contribution in [-0.2, 0) is 14.8 Å². The lowest BCUT2D eigenvalue weighted by Crippen LogP contribution is -2.15. The van der Waals surface area contributed by atoms with Crippen molar-refractivity contribution in [1.82, 2.24) is 0 Å². The summed E-state index contributed by atoms with van der Waals surface area (Å²) in [6.45, 7) is 1.33. The Labute approximate surface area is 219 Å². The van der Waals surface area contributed by atoms with Crippen molar-refractivity contribution in [2.45, 2.75) is 11.8 Å². The monoisotopic (exact) mass is 534 g/mol. The molecule has 4 aromatic rings. The second kappa shape index (κ2) is 11.1. The third kappa shape index (κ3) is 6.34. The van der Waals surface area contributed by atoms with E-state index in [2.05, 4.69) is 10.0 Å². The van der Waals surface area contributed by atoms with Gasteiger partial charge in [0.1, 0.15) is 17.3 Å². The summed E-state index contributed by atoms with van der Waals surface area (Å²) in [6, 6.07) is 22.8. The van der Waals surface area contributed by atoms with Gasteiger partial charge in [0.05, 0.1) is 17.7 Å². The zero-order chi connectivity index (χ0) is 27.3. The first-order valence-electron chi connectivity index (χ1n) is 11.3. The van der Waals surface area contributed by atoms with Gasteiger partial charge < -0.3 is 14.8 Å². The van der Waals surface area contributed by atoms with Crippen LogP contribution in [0.25, 0.3) is 11.1 Å². The fraction of sp³-hybridized carbons (Fsp3) is 0.0714. The smallest absolute Gasteiger partial charge is 0.308 e. The first-order chi connectivity index (χ1) is 18.1. The maximum atomic E-state index is 13.2. The van der Waals surface area contributed by atoms with Crippen LogP contribution in [0.15, 0.2) is 95.9 Å². The highest BCUT2D eigenvalue weighted by Gasteiger charge is 2.18. The second-order valence-corrected chi connectivity index (χ2v) is 9.81. The molecule has 2 N–H and O–H groups in total. The summed E-state index contributed by atoms with van der Waals surface area (Å²) in [5.41, 5.74) is 2.55. The van der Waals surface area contributed by atoms with Gasteiger partial charge in [0, 0.05) is 18.2 Å². The van der Waals surface area contributed by atoms with Crippen LogP contribution in [0.1, 0.15) is 17.3 Å². The number of sulfonamides is 1.